The molecule has 0 aromatic heterocycles. The Morgan fingerprint density at radius 3 is 1.59 bits per heavy atom. The Kier molecular flexibility index (Phi) is 14.9. The maximum atomic E-state index is 9.16. The van der Waals surface area contributed by atoms with Crippen LogP contribution < -0.4 is 0 Å². The van der Waals surface area contributed by atoms with Gasteiger partial charge in [-0.2, -0.15) is 0 Å². The van der Waals surface area contributed by atoms with Gasteiger partial charge in [0.25, 0.3) is 0 Å². The Morgan fingerprint density at radius 1 is 0.773 bits per heavy atom. The van der Waals surface area contributed by atoms with Crippen molar-refractivity contribution in [3.8, 4) is 0 Å². The number of aliphatic hydroxyl groups excluding tert-OH is 2. The first-order valence-electron chi connectivity index (χ1n) is 9.51. The summed E-state index contributed by atoms with van der Waals surface area (Å²) in [6.45, 7) is 4.63. The van der Waals surface area contributed by atoms with E-state index in [4.69, 9.17) is 21.8 Å². The van der Waals surface area contributed by atoms with Gasteiger partial charge in [0.1, 0.15) is 0 Å². The van der Waals surface area contributed by atoms with Gasteiger partial charge >= 0.3 is 0 Å². The van der Waals surface area contributed by atoms with Crippen LogP contribution in [0.5, 0.6) is 0 Å². The van der Waals surface area contributed by atoms with E-state index in [9.17, 15) is 0 Å². The predicted octanol–water partition coefficient (Wildman–Crippen LogP) is 5.68. The topological polar surface area (TPSA) is 40.5 Å². The molecule has 3 heteroatoms. The van der Waals surface area contributed by atoms with Gasteiger partial charge < -0.3 is 10.2 Å². The third-order valence-corrected chi connectivity index (χ3v) is 5.68. The van der Waals surface area contributed by atoms with Crippen molar-refractivity contribution in [2.24, 2.45) is 5.92 Å². The molecule has 0 spiro atoms. The van der Waals surface area contributed by atoms with Gasteiger partial charge in [0.05, 0.1) is 4.87 Å². The van der Waals surface area contributed by atoms with Crippen molar-refractivity contribution in [1.29, 1.82) is 0 Å². The van der Waals surface area contributed by atoms with Gasteiger partial charge in [-0.25, -0.2) is 0 Å². The molecule has 134 valence electrons. The molecule has 0 aliphatic heterocycles. The second kappa shape index (κ2) is 14.8. The summed E-state index contributed by atoms with van der Waals surface area (Å²) in [7, 11) is 0. The second-order valence-corrected chi connectivity index (χ2v) is 7.61. The number of hydrogen-bond acceptors (Lipinski definition) is 2. The SMILES string of the molecule is CCCCCCCCCCCCC(C)C(Cl)(CCO)CCO. The number of rotatable bonds is 16. The molecule has 1 unspecified atom stereocenters. The average molecular weight is 335 g/mol. The summed E-state index contributed by atoms with van der Waals surface area (Å²) in [5, 5.41) is 18.3. The maximum Gasteiger partial charge on any atom is 0.0515 e. The van der Waals surface area contributed by atoms with Gasteiger partial charge in [-0.15, -0.1) is 11.6 Å². The summed E-state index contributed by atoms with van der Waals surface area (Å²) >= 11 is 6.59. The van der Waals surface area contributed by atoms with E-state index in [-0.39, 0.29) is 13.2 Å². The number of halogens is 1. The van der Waals surface area contributed by atoms with E-state index in [1.54, 1.807) is 0 Å². The van der Waals surface area contributed by atoms with Crippen molar-refractivity contribution in [2.45, 2.75) is 102 Å². The summed E-state index contributed by atoms with van der Waals surface area (Å²) in [5.74, 6) is 0.350. The van der Waals surface area contributed by atoms with Gasteiger partial charge in [0.15, 0.2) is 0 Å². The van der Waals surface area contributed by atoms with Crippen LogP contribution in [0.25, 0.3) is 0 Å². The lowest BCUT2D eigenvalue weighted by Gasteiger charge is -2.32. The van der Waals surface area contributed by atoms with Crippen molar-refractivity contribution in [2.75, 3.05) is 13.2 Å². The zero-order chi connectivity index (χ0) is 16.7. The molecule has 0 amide bonds. The summed E-state index contributed by atoms with van der Waals surface area (Å²) in [6, 6.07) is 0. The van der Waals surface area contributed by atoms with Crippen LogP contribution in [0, 0.1) is 5.92 Å². The van der Waals surface area contributed by atoms with Crippen LogP contribution in [0.15, 0.2) is 0 Å². The van der Waals surface area contributed by atoms with Crippen LogP contribution in [0.3, 0.4) is 0 Å². The molecule has 2 N–H and O–H groups in total. The van der Waals surface area contributed by atoms with E-state index in [0.29, 0.717) is 18.8 Å². The van der Waals surface area contributed by atoms with E-state index in [1.807, 2.05) is 0 Å². The molecule has 0 aromatic rings. The zero-order valence-corrected chi connectivity index (χ0v) is 15.7. The lowest BCUT2D eigenvalue weighted by atomic mass is 9.84. The fraction of sp³-hybridized carbons (Fsp3) is 1.00. The third kappa shape index (κ3) is 10.9. The first kappa shape index (κ1) is 22.2. The van der Waals surface area contributed by atoms with Crippen molar-refractivity contribution < 1.29 is 10.2 Å². The monoisotopic (exact) mass is 334 g/mol. The highest BCUT2D eigenvalue weighted by Gasteiger charge is 2.32. The molecular weight excluding hydrogens is 296 g/mol. The lowest BCUT2D eigenvalue weighted by Crippen LogP contribution is -2.32. The molecule has 0 aliphatic carbocycles. The second-order valence-electron chi connectivity index (χ2n) is 6.85. The standard InChI is InChI=1S/C19H39ClO2/c1-3-4-5-6-7-8-9-10-11-12-13-18(2)19(20,14-16-21)15-17-22/h18,21-22H,3-17H2,1-2H3. The van der Waals surface area contributed by atoms with Crippen LogP contribution >= 0.6 is 11.6 Å². The maximum absolute atomic E-state index is 9.16. The molecule has 0 saturated carbocycles. The largest absolute Gasteiger partial charge is 0.396 e. The molecule has 0 saturated heterocycles. The number of hydrogen-bond donors (Lipinski definition) is 2. The Balaban J connectivity index is 3.60. The Morgan fingerprint density at radius 2 is 1.18 bits per heavy atom. The van der Waals surface area contributed by atoms with Crippen LogP contribution in [0.1, 0.15) is 97.3 Å². The number of aliphatic hydroxyl groups is 2. The predicted molar refractivity (Wildman–Crippen MR) is 97.6 cm³/mol. The van der Waals surface area contributed by atoms with Crippen LogP contribution in [-0.2, 0) is 0 Å². The minimum Gasteiger partial charge on any atom is -0.396 e. The number of unbranched alkanes of at least 4 members (excludes halogenated alkanes) is 9. The molecular formula is C19H39ClO2. The van der Waals surface area contributed by atoms with Gasteiger partial charge in [-0.1, -0.05) is 78.1 Å². The summed E-state index contributed by atoms with van der Waals surface area (Å²) in [4.78, 5) is -0.428. The van der Waals surface area contributed by atoms with Crippen molar-refractivity contribution in [3.63, 3.8) is 0 Å². The normalized spacial score (nSPS) is 13.5. The molecule has 0 fully saturated rings. The highest BCUT2D eigenvalue weighted by molar-refractivity contribution is 6.24. The van der Waals surface area contributed by atoms with E-state index in [1.165, 1.54) is 64.2 Å². The minimum atomic E-state index is -0.428. The third-order valence-electron chi connectivity index (χ3n) is 4.93. The van der Waals surface area contributed by atoms with Crippen LogP contribution in [-0.4, -0.2) is 28.3 Å². The molecule has 2 nitrogen and oxygen atoms in total. The highest BCUT2D eigenvalue weighted by Crippen LogP contribution is 2.35. The molecule has 0 aromatic carbocycles. The van der Waals surface area contributed by atoms with Gasteiger partial charge in [-0.05, 0) is 25.2 Å². The van der Waals surface area contributed by atoms with Crippen molar-refractivity contribution in [3.05, 3.63) is 0 Å². The summed E-state index contributed by atoms with van der Waals surface area (Å²) in [6.07, 6.45) is 15.7. The van der Waals surface area contributed by atoms with E-state index in [0.717, 1.165) is 6.42 Å². The highest BCUT2D eigenvalue weighted by atomic mass is 35.5. The van der Waals surface area contributed by atoms with Crippen LogP contribution in [0.4, 0.5) is 0 Å². The van der Waals surface area contributed by atoms with Crippen molar-refractivity contribution >= 4 is 11.6 Å². The lowest BCUT2D eigenvalue weighted by molar-refractivity contribution is 0.193. The fourth-order valence-corrected chi connectivity index (χ4v) is 3.46. The summed E-state index contributed by atoms with van der Waals surface area (Å²) in [5.41, 5.74) is 0. The average Bonchev–Trinajstić information content (AvgIpc) is 2.49. The number of alkyl halides is 1. The molecule has 0 bridgehead atoms. The molecule has 0 aliphatic rings. The Labute approximate surface area is 143 Å². The fourth-order valence-electron chi connectivity index (χ4n) is 3.19. The van der Waals surface area contributed by atoms with E-state index in [2.05, 4.69) is 13.8 Å². The first-order valence-corrected chi connectivity index (χ1v) is 9.89. The van der Waals surface area contributed by atoms with Gasteiger partial charge in [0.2, 0.25) is 0 Å². The van der Waals surface area contributed by atoms with Gasteiger partial charge in [0, 0.05) is 13.2 Å². The van der Waals surface area contributed by atoms with Gasteiger partial charge in [-0.3, -0.25) is 0 Å². The zero-order valence-electron chi connectivity index (χ0n) is 15.0. The molecule has 0 radical (unpaired) electrons. The first-order chi connectivity index (χ1) is 10.6. The smallest absolute Gasteiger partial charge is 0.0515 e. The minimum absolute atomic E-state index is 0.103. The van der Waals surface area contributed by atoms with E-state index < -0.39 is 4.87 Å². The molecule has 0 heterocycles. The van der Waals surface area contributed by atoms with Crippen molar-refractivity contribution in [1.82, 2.24) is 0 Å². The van der Waals surface area contributed by atoms with Crippen LogP contribution in [0.2, 0.25) is 0 Å². The Bertz CT molecular complexity index is 227. The Hall–Kier alpha value is 0.210. The molecule has 22 heavy (non-hydrogen) atoms. The quantitative estimate of drug-likeness (QED) is 0.282. The molecule has 0 rings (SSSR count). The van der Waals surface area contributed by atoms with E-state index >= 15 is 0 Å². The molecule has 1 atom stereocenters. The summed E-state index contributed by atoms with van der Waals surface area (Å²) < 4.78 is 0.